The molecule has 6 heteroatoms. The average molecular weight is 254 g/mol. The quantitative estimate of drug-likeness (QED) is 0.691. The van der Waals surface area contributed by atoms with Gasteiger partial charge in [0.25, 0.3) is 0 Å². The molecule has 1 saturated heterocycles. The SMILES string of the molecule is C#CCN(CC(=O)O)C(=O)NCC1(C)CCCO1. The van der Waals surface area contributed by atoms with Gasteiger partial charge < -0.3 is 20.1 Å². The Balaban J connectivity index is 2.46. The number of carboxylic acids is 1. The van der Waals surface area contributed by atoms with Gasteiger partial charge in [-0.1, -0.05) is 5.92 Å². The topological polar surface area (TPSA) is 78.9 Å². The molecular weight excluding hydrogens is 236 g/mol. The molecule has 0 aliphatic carbocycles. The summed E-state index contributed by atoms with van der Waals surface area (Å²) in [6, 6.07) is -0.480. The number of aliphatic carboxylic acids is 1. The highest BCUT2D eigenvalue weighted by molar-refractivity contribution is 5.80. The lowest BCUT2D eigenvalue weighted by Crippen LogP contribution is -2.48. The Morgan fingerprint density at radius 3 is 2.83 bits per heavy atom. The van der Waals surface area contributed by atoms with Crippen molar-refractivity contribution in [3.63, 3.8) is 0 Å². The van der Waals surface area contributed by atoms with Gasteiger partial charge in [0.05, 0.1) is 12.1 Å². The number of terminal acetylenes is 1. The van der Waals surface area contributed by atoms with Gasteiger partial charge in [0, 0.05) is 13.2 Å². The second-order valence-corrected chi connectivity index (χ2v) is 4.51. The van der Waals surface area contributed by atoms with E-state index in [-0.39, 0.29) is 12.1 Å². The van der Waals surface area contributed by atoms with Crippen molar-refractivity contribution in [3.05, 3.63) is 0 Å². The Labute approximate surface area is 106 Å². The van der Waals surface area contributed by atoms with E-state index in [2.05, 4.69) is 11.2 Å². The summed E-state index contributed by atoms with van der Waals surface area (Å²) in [7, 11) is 0. The zero-order valence-electron chi connectivity index (χ0n) is 10.4. The number of hydrogen-bond donors (Lipinski definition) is 2. The van der Waals surface area contributed by atoms with Crippen molar-refractivity contribution < 1.29 is 19.4 Å². The van der Waals surface area contributed by atoms with Gasteiger partial charge in [-0.05, 0) is 19.8 Å². The highest BCUT2D eigenvalue weighted by Crippen LogP contribution is 2.23. The number of ether oxygens (including phenoxy) is 1. The minimum atomic E-state index is -1.09. The Hall–Kier alpha value is -1.74. The summed E-state index contributed by atoms with van der Waals surface area (Å²) in [5.74, 6) is 1.17. The van der Waals surface area contributed by atoms with Crippen LogP contribution in [0.3, 0.4) is 0 Å². The number of carbonyl (C=O) groups is 2. The van der Waals surface area contributed by atoms with E-state index in [9.17, 15) is 9.59 Å². The smallest absolute Gasteiger partial charge is 0.323 e. The first kappa shape index (κ1) is 14.3. The van der Waals surface area contributed by atoms with E-state index in [1.54, 1.807) is 0 Å². The fraction of sp³-hybridized carbons (Fsp3) is 0.667. The van der Waals surface area contributed by atoms with E-state index in [1.807, 2.05) is 6.92 Å². The van der Waals surface area contributed by atoms with Gasteiger partial charge in [0.15, 0.2) is 0 Å². The summed E-state index contributed by atoms with van der Waals surface area (Å²) in [6.07, 6.45) is 6.94. The van der Waals surface area contributed by atoms with Crippen molar-refractivity contribution >= 4 is 12.0 Å². The number of nitrogens with one attached hydrogen (secondary N) is 1. The van der Waals surface area contributed by atoms with Gasteiger partial charge in [-0.25, -0.2) is 4.79 Å². The third kappa shape index (κ3) is 4.26. The third-order valence-corrected chi connectivity index (χ3v) is 2.81. The first-order valence-corrected chi connectivity index (χ1v) is 5.79. The summed E-state index contributed by atoms with van der Waals surface area (Å²) in [4.78, 5) is 23.4. The normalized spacial score (nSPS) is 22.2. The highest BCUT2D eigenvalue weighted by atomic mass is 16.5. The number of urea groups is 1. The molecule has 6 nitrogen and oxygen atoms in total. The minimum absolute atomic E-state index is 0.0320. The molecule has 0 bridgehead atoms. The van der Waals surface area contributed by atoms with E-state index in [0.29, 0.717) is 13.2 Å². The molecular formula is C12H18N2O4. The molecule has 2 N–H and O–H groups in total. The first-order valence-electron chi connectivity index (χ1n) is 5.79. The number of rotatable bonds is 5. The molecule has 1 rings (SSSR count). The lowest BCUT2D eigenvalue weighted by molar-refractivity contribution is -0.137. The number of carbonyl (C=O) groups excluding carboxylic acids is 1. The Morgan fingerprint density at radius 2 is 2.33 bits per heavy atom. The van der Waals surface area contributed by atoms with E-state index in [1.165, 1.54) is 0 Å². The van der Waals surface area contributed by atoms with E-state index in [0.717, 1.165) is 17.7 Å². The average Bonchev–Trinajstić information content (AvgIpc) is 2.72. The largest absolute Gasteiger partial charge is 0.480 e. The fourth-order valence-electron chi connectivity index (χ4n) is 1.82. The van der Waals surface area contributed by atoms with Crippen molar-refractivity contribution in [2.24, 2.45) is 0 Å². The van der Waals surface area contributed by atoms with Gasteiger partial charge in [0.1, 0.15) is 6.54 Å². The van der Waals surface area contributed by atoms with Crippen molar-refractivity contribution in [2.75, 3.05) is 26.2 Å². The van der Waals surface area contributed by atoms with Crippen molar-refractivity contribution in [1.29, 1.82) is 0 Å². The highest BCUT2D eigenvalue weighted by Gasteiger charge is 2.30. The van der Waals surface area contributed by atoms with Crippen LogP contribution in [0.4, 0.5) is 4.79 Å². The maximum Gasteiger partial charge on any atom is 0.323 e. The van der Waals surface area contributed by atoms with Crippen LogP contribution in [0, 0.1) is 12.3 Å². The zero-order chi connectivity index (χ0) is 13.6. The summed E-state index contributed by atoms with van der Waals surface area (Å²) in [6.45, 7) is 2.52. The molecule has 0 aromatic heterocycles. The van der Waals surface area contributed by atoms with Crippen molar-refractivity contribution in [1.82, 2.24) is 10.2 Å². The van der Waals surface area contributed by atoms with Crippen LogP contribution in [-0.4, -0.2) is 53.8 Å². The predicted molar refractivity (Wildman–Crippen MR) is 65.0 cm³/mol. The van der Waals surface area contributed by atoms with Gasteiger partial charge in [-0.3, -0.25) is 4.79 Å². The van der Waals surface area contributed by atoms with Crippen LogP contribution >= 0.6 is 0 Å². The molecule has 0 aromatic rings. The van der Waals surface area contributed by atoms with Crippen molar-refractivity contribution in [2.45, 2.75) is 25.4 Å². The molecule has 1 unspecified atom stereocenters. The van der Waals surface area contributed by atoms with E-state index < -0.39 is 18.5 Å². The van der Waals surface area contributed by atoms with Gasteiger partial charge in [-0.2, -0.15) is 0 Å². The predicted octanol–water partition coefficient (Wildman–Crippen LogP) is 0.285. The lowest BCUT2D eigenvalue weighted by Gasteiger charge is -2.26. The molecule has 1 fully saturated rings. The number of hydrogen-bond acceptors (Lipinski definition) is 3. The molecule has 2 amide bonds. The van der Waals surface area contributed by atoms with Crippen LogP contribution in [-0.2, 0) is 9.53 Å². The number of nitrogens with zero attached hydrogens (tertiary/aromatic N) is 1. The molecule has 100 valence electrons. The second-order valence-electron chi connectivity index (χ2n) is 4.51. The lowest BCUT2D eigenvalue weighted by atomic mass is 10.0. The number of amides is 2. The van der Waals surface area contributed by atoms with Crippen LogP contribution in [0.2, 0.25) is 0 Å². The van der Waals surface area contributed by atoms with Crippen LogP contribution < -0.4 is 5.32 Å². The van der Waals surface area contributed by atoms with Gasteiger partial charge >= 0.3 is 12.0 Å². The zero-order valence-corrected chi connectivity index (χ0v) is 10.4. The standard InChI is InChI=1S/C12H18N2O4/c1-3-6-14(8-10(15)16)11(17)13-9-12(2)5-4-7-18-12/h1H,4-9H2,2H3,(H,13,17)(H,15,16). The summed E-state index contributed by atoms with van der Waals surface area (Å²) in [5, 5.41) is 11.3. The Kier molecular flexibility index (Phi) is 4.98. The molecule has 1 aliphatic rings. The fourth-order valence-corrected chi connectivity index (χ4v) is 1.82. The Morgan fingerprint density at radius 1 is 1.61 bits per heavy atom. The monoisotopic (exact) mass is 254 g/mol. The molecule has 0 spiro atoms. The Bertz CT molecular complexity index is 356. The van der Waals surface area contributed by atoms with Crippen LogP contribution in [0.15, 0.2) is 0 Å². The maximum atomic E-state index is 11.8. The third-order valence-electron chi connectivity index (χ3n) is 2.81. The van der Waals surface area contributed by atoms with Gasteiger partial charge in [0.2, 0.25) is 0 Å². The molecule has 1 aliphatic heterocycles. The molecule has 18 heavy (non-hydrogen) atoms. The maximum absolute atomic E-state index is 11.8. The summed E-state index contributed by atoms with van der Waals surface area (Å²) >= 11 is 0. The molecule has 1 atom stereocenters. The molecule has 1 heterocycles. The summed E-state index contributed by atoms with van der Waals surface area (Å²) < 4.78 is 5.52. The van der Waals surface area contributed by atoms with Crippen LogP contribution in [0.25, 0.3) is 0 Å². The first-order chi connectivity index (χ1) is 8.47. The molecule has 0 aromatic carbocycles. The number of carboxylic acid groups (broad SMARTS) is 1. The van der Waals surface area contributed by atoms with Crippen molar-refractivity contribution in [3.8, 4) is 12.3 Å². The van der Waals surface area contributed by atoms with Gasteiger partial charge in [-0.15, -0.1) is 6.42 Å². The van der Waals surface area contributed by atoms with Crippen LogP contribution in [0.5, 0.6) is 0 Å². The summed E-state index contributed by atoms with van der Waals surface area (Å²) in [5.41, 5.74) is -0.360. The minimum Gasteiger partial charge on any atom is -0.480 e. The molecule has 0 radical (unpaired) electrons. The van der Waals surface area contributed by atoms with E-state index in [4.69, 9.17) is 16.3 Å². The van der Waals surface area contributed by atoms with Crippen LogP contribution in [0.1, 0.15) is 19.8 Å². The second kappa shape index (κ2) is 6.26. The van der Waals surface area contributed by atoms with E-state index >= 15 is 0 Å². The molecule has 0 saturated carbocycles.